The van der Waals surface area contributed by atoms with Gasteiger partial charge in [-0.05, 0) is 25.0 Å². The van der Waals surface area contributed by atoms with Crippen LogP contribution in [0.15, 0.2) is 31.0 Å². The number of rotatable bonds is 3. The molecule has 1 unspecified atom stereocenters. The van der Waals surface area contributed by atoms with Crippen LogP contribution in [0.3, 0.4) is 0 Å². The van der Waals surface area contributed by atoms with E-state index in [0.717, 1.165) is 0 Å². The van der Waals surface area contributed by atoms with Crippen molar-refractivity contribution in [3.63, 3.8) is 0 Å². The van der Waals surface area contributed by atoms with Gasteiger partial charge in [0.25, 0.3) is 5.91 Å². The molecule has 1 atom stereocenters. The number of carbonyl (C=O) groups is 2. The van der Waals surface area contributed by atoms with Gasteiger partial charge in [0, 0.05) is 18.3 Å². The van der Waals surface area contributed by atoms with E-state index in [0.29, 0.717) is 30.8 Å². The molecule has 8 nitrogen and oxygen atoms in total. The number of pyridine rings is 1. The monoisotopic (exact) mass is 287 g/mol. The van der Waals surface area contributed by atoms with E-state index < -0.39 is 12.0 Å². The maximum absolute atomic E-state index is 12.5. The lowest BCUT2D eigenvalue weighted by molar-refractivity contribution is -0.141. The van der Waals surface area contributed by atoms with E-state index in [4.69, 9.17) is 5.11 Å². The van der Waals surface area contributed by atoms with E-state index in [1.807, 2.05) is 0 Å². The Morgan fingerprint density at radius 1 is 1.38 bits per heavy atom. The second-order valence-electron chi connectivity index (χ2n) is 4.74. The van der Waals surface area contributed by atoms with Crippen LogP contribution in [0.4, 0.5) is 0 Å². The van der Waals surface area contributed by atoms with Gasteiger partial charge in [0.05, 0.1) is 0 Å². The molecule has 2 aromatic rings. The molecule has 1 aliphatic rings. The number of hydrogen-bond acceptors (Lipinski definition) is 5. The second kappa shape index (κ2) is 5.31. The molecule has 0 aromatic carbocycles. The minimum Gasteiger partial charge on any atom is -0.480 e. The minimum atomic E-state index is -0.966. The summed E-state index contributed by atoms with van der Waals surface area (Å²) in [4.78, 5) is 33.0. The van der Waals surface area contributed by atoms with Gasteiger partial charge in [-0.25, -0.2) is 19.4 Å². The van der Waals surface area contributed by atoms with Crippen molar-refractivity contribution >= 4 is 11.9 Å². The molecular formula is C13H13N5O3. The second-order valence-corrected chi connectivity index (χ2v) is 4.74. The molecule has 1 N–H and O–H groups in total. The van der Waals surface area contributed by atoms with Gasteiger partial charge in [-0.2, -0.15) is 5.10 Å². The Hall–Kier alpha value is -2.77. The van der Waals surface area contributed by atoms with Crippen LogP contribution in [0.25, 0.3) is 5.82 Å². The maximum Gasteiger partial charge on any atom is 0.326 e. The summed E-state index contributed by atoms with van der Waals surface area (Å²) in [6, 6.07) is 2.40. The highest BCUT2D eigenvalue weighted by molar-refractivity contribution is 5.97. The van der Waals surface area contributed by atoms with Crippen molar-refractivity contribution < 1.29 is 14.7 Å². The lowest BCUT2D eigenvalue weighted by Gasteiger charge is -2.21. The lowest BCUT2D eigenvalue weighted by atomic mass is 10.2. The minimum absolute atomic E-state index is 0.302. The van der Waals surface area contributed by atoms with Crippen molar-refractivity contribution in [2.45, 2.75) is 18.9 Å². The quantitative estimate of drug-likeness (QED) is 0.874. The Morgan fingerprint density at radius 2 is 2.24 bits per heavy atom. The zero-order valence-corrected chi connectivity index (χ0v) is 11.1. The Bertz CT molecular complexity index is 670. The number of carboxylic acid groups (broad SMARTS) is 1. The lowest BCUT2D eigenvalue weighted by Crippen LogP contribution is -2.40. The average molecular weight is 287 g/mol. The summed E-state index contributed by atoms with van der Waals surface area (Å²) in [5.74, 6) is -0.806. The van der Waals surface area contributed by atoms with Crippen LogP contribution in [0.2, 0.25) is 0 Å². The predicted molar refractivity (Wildman–Crippen MR) is 70.8 cm³/mol. The Kier molecular flexibility index (Phi) is 3.35. The van der Waals surface area contributed by atoms with Crippen molar-refractivity contribution in [1.29, 1.82) is 0 Å². The molecule has 2 aromatic heterocycles. The van der Waals surface area contributed by atoms with Gasteiger partial charge < -0.3 is 10.0 Å². The number of carbonyl (C=O) groups excluding carboxylic acids is 1. The highest BCUT2D eigenvalue weighted by atomic mass is 16.4. The first-order chi connectivity index (χ1) is 10.2. The van der Waals surface area contributed by atoms with E-state index in [2.05, 4.69) is 15.1 Å². The Labute approximate surface area is 120 Å². The van der Waals surface area contributed by atoms with Gasteiger partial charge in [0.1, 0.15) is 18.7 Å². The van der Waals surface area contributed by atoms with E-state index in [1.54, 1.807) is 12.1 Å². The first kappa shape index (κ1) is 13.2. The molecule has 1 saturated heterocycles. The molecule has 0 aliphatic carbocycles. The maximum atomic E-state index is 12.5. The summed E-state index contributed by atoms with van der Waals surface area (Å²) in [7, 11) is 0. The number of likely N-dealkylation sites (tertiary alicyclic amines) is 1. The smallest absolute Gasteiger partial charge is 0.326 e. The zero-order chi connectivity index (χ0) is 14.8. The number of aliphatic carboxylic acids is 1. The van der Waals surface area contributed by atoms with Crippen molar-refractivity contribution in [1.82, 2.24) is 24.6 Å². The van der Waals surface area contributed by atoms with Crippen LogP contribution in [0, 0.1) is 0 Å². The summed E-state index contributed by atoms with van der Waals surface area (Å²) in [6.45, 7) is 0.455. The largest absolute Gasteiger partial charge is 0.480 e. The van der Waals surface area contributed by atoms with E-state index in [-0.39, 0.29) is 5.91 Å². The zero-order valence-electron chi connectivity index (χ0n) is 11.1. The van der Waals surface area contributed by atoms with Crippen molar-refractivity contribution in [3.8, 4) is 5.82 Å². The molecule has 1 aliphatic heterocycles. The molecule has 3 rings (SSSR count). The van der Waals surface area contributed by atoms with Crippen LogP contribution in [-0.4, -0.2) is 54.2 Å². The third-order valence-electron chi connectivity index (χ3n) is 3.44. The molecule has 3 heterocycles. The Morgan fingerprint density at radius 3 is 2.95 bits per heavy atom. The molecule has 1 amide bonds. The summed E-state index contributed by atoms with van der Waals surface area (Å²) < 4.78 is 1.44. The van der Waals surface area contributed by atoms with Gasteiger partial charge in [0.15, 0.2) is 5.82 Å². The van der Waals surface area contributed by atoms with Gasteiger partial charge in [0.2, 0.25) is 0 Å². The molecule has 1 fully saturated rings. The fourth-order valence-corrected chi connectivity index (χ4v) is 2.44. The SMILES string of the molecule is O=C(O)C1CCCN1C(=O)c1ccnc(-n2cncn2)c1. The summed E-state index contributed by atoms with van der Waals surface area (Å²) in [6.07, 6.45) is 5.53. The van der Waals surface area contributed by atoms with E-state index >= 15 is 0 Å². The van der Waals surface area contributed by atoms with E-state index in [9.17, 15) is 9.59 Å². The van der Waals surface area contributed by atoms with Crippen molar-refractivity contribution in [2.24, 2.45) is 0 Å². The highest BCUT2D eigenvalue weighted by Crippen LogP contribution is 2.20. The third kappa shape index (κ3) is 2.47. The first-order valence-electron chi connectivity index (χ1n) is 6.51. The highest BCUT2D eigenvalue weighted by Gasteiger charge is 2.34. The molecule has 0 spiro atoms. The molecule has 0 bridgehead atoms. The molecule has 108 valence electrons. The summed E-state index contributed by atoms with van der Waals surface area (Å²) in [5, 5.41) is 13.1. The third-order valence-corrected chi connectivity index (χ3v) is 3.44. The van der Waals surface area contributed by atoms with Crippen LogP contribution in [0.5, 0.6) is 0 Å². The molecule has 0 saturated carbocycles. The number of amides is 1. The summed E-state index contributed by atoms with van der Waals surface area (Å²) in [5.41, 5.74) is 0.392. The van der Waals surface area contributed by atoms with E-state index in [1.165, 1.54) is 28.4 Å². The average Bonchev–Trinajstić information content (AvgIpc) is 3.17. The van der Waals surface area contributed by atoms with Crippen LogP contribution in [0.1, 0.15) is 23.2 Å². The van der Waals surface area contributed by atoms with Crippen molar-refractivity contribution in [2.75, 3.05) is 6.54 Å². The van der Waals surface area contributed by atoms with Gasteiger partial charge >= 0.3 is 5.97 Å². The predicted octanol–water partition coefficient (Wildman–Crippen LogP) is 0.351. The molecule has 21 heavy (non-hydrogen) atoms. The molecule has 0 radical (unpaired) electrons. The first-order valence-corrected chi connectivity index (χ1v) is 6.51. The Balaban J connectivity index is 1.88. The fourth-order valence-electron chi connectivity index (χ4n) is 2.44. The van der Waals surface area contributed by atoms with Crippen LogP contribution in [-0.2, 0) is 4.79 Å². The van der Waals surface area contributed by atoms with Gasteiger partial charge in [-0.15, -0.1) is 0 Å². The topological polar surface area (TPSA) is 101 Å². The fraction of sp³-hybridized carbons (Fsp3) is 0.308. The van der Waals surface area contributed by atoms with Gasteiger partial charge in [-0.3, -0.25) is 4.79 Å². The van der Waals surface area contributed by atoms with Crippen LogP contribution < -0.4 is 0 Å². The van der Waals surface area contributed by atoms with Crippen molar-refractivity contribution in [3.05, 3.63) is 36.5 Å². The number of aromatic nitrogens is 4. The standard InChI is InChI=1S/C13H13N5O3/c19-12(17-5-1-2-10(17)13(20)21)9-3-4-15-11(6-9)18-8-14-7-16-18/h3-4,6-8,10H,1-2,5H2,(H,20,21). The number of carboxylic acids is 1. The summed E-state index contributed by atoms with van der Waals surface area (Å²) >= 11 is 0. The molecule has 8 heteroatoms. The molecular weight excluding hydrogens is 274 g/mol. The number of nitrogens with zero attached hydrogens (tertiary/aromatic N) is 5. The van der Waals surface area contributed by atoms with Gasteiger partial charge in [-0.1, -0.05) is 0 Å². The van der Waals surface area contributed by atoms with Crippen LogP contribution >= 0.6 is 0 Å². The normalized spacial score (nSPS) is 17.9. The number of hydrogen-bond donors (Lipinski definition) is 1.